The molecule has 0 fully saturated rings. The van der Waals surface area contributed by atoms with Crippen molar-refractivity contribution in [2.45, 2.75) is 221 Å². The molecule has 0 aliphatic rings. The third-order valence-corrected chi connectivity index (χ3v) is 11.0. The van der Waals surface area contributed by atoms with Gasteiger partial charge in [0.15, 0.2) is 0 Å². The number of carbonyl (C=O) groups is 4. The van der Waals surface area contributed by atoms with Gasteiger partial charge in [-0.05, 0) is 83.7 Å². The van der Waals surface area contributed by atoms with Gasteiger partial charge in [-0.15, -0.1) is 0 Å². The third-order valence-electron chi connectivity index (χ3n) is 11.0. The van der Waals surface area contributed by atoms with E-state index in [0.29, 0.717) is 6.42 Å². The maximum absolute atomic E-state index is 12.9. The number of carbonyl (C=O) groups excluding carboxylic acids is 4. The lowest BCUT2D eigenvalue weighted by atomic mass is 10.0. The minimum Gasteiger partial charge on any atom is -0.465 e. The Bertz CT molecular complexity index is 1090. The van der Waals surface area contributed by atoms with Crippen LogP contribution < -0.4 is 0 Å². The first kappa shape index (κ1) is 58.9. The zero-order valence-electron chi connectivity index (χ0n) is 40.4. The van der Waals surface area contributed by atoms with Crippen LogP contribution in [0.4, 0.5) is 9.59 Å². The third kappa shape index (κ3) is 41.0. The summed E-state index contributed by atoms with van der Waals surface area (Å²) in [5.74, 6) is -2.06. The average molecular weight is 880 g/mol. The van der Waals surface area contributed by atoms with Gasteiger partial charge in [0.25, 0.3) is 0 Å². The SMILES string of the molecule is CCCCC/C=C\C/C=C\CCCCCCCCOC(=O)OCC(COC(=O)CC(=O)OC(CCCCCCCC)CCCCCCCC)COC(=O)OCCCN(CC)CC. The van der Waals surface area contributed by atoms with Crippen LogP contribution in [0.5, 0.6) is 0 Å². The Morgan fingerprint density at radius 2 is 0.887 bits per heavy atom. The predicted molar refractivity (Wildman–Crippen MR) is 251 cm³/mol. The van der Waals surface area contributed by atoms with Gasteiger partial charge in [0.1, 0.15) is 32.3 Å². The molecule has 0 aromatic rings. The maximum atomic E-state index is 12.9. The highest BCUT2D eigenvalue weighted by molar-refractivity contribution is 5.91. The highest BCUT2D eigenvalue weighted by atomic mass is 16.7. The van der Waals surface area contributed by atoms with Crippen molar-refractivity contribution >= 4 is 24.2 Å². The molecule has 0 saturated carbocycles. The molecule has 0 heterocycles. The van der Waals surface area contributed by atoms with Crippen LogP contribution in [-0.2, 0) is 38.0 Å². The highest BCUT2D eigenvalue weighted by Crippen LogP contribution is 2.18. The fraction of sp³-hybridized carbons (Fsp3) is 0.843. The Labute approximate surface area is 379 Å². The molecule has 0 amide bonds. The number of ether oxygens (including phenoxy) is 6. The average Bonchev–Trinajstić information content (AvgIpc) is 3.26. The summed E-state index contributed by atoms with van der Waals surface area (Å²) in [6.07, 6.45) is 36.1. The fourth-order valence-electron chi connectivity index (χ4n) is 7.00. The molecule has 0 spiro atoms. The molecule has 362 valence electrons. The molecular formula is C51H93NO10. The molecular weight excluding hydrogens is 787 g/mol. The van der Waals surface area contributed by atoms with Crippen molar-refractivity contribution in [2.24, 2.45) is 5.92 Å². The lowest BCUT2D eigenvalue weighted by Crippen LogP contribution is -2.28. The van der Waals surface area contributed by atoms with Gasteiger partial charge in [0.2, 0.25) is 0 Å². The largest absolute Gasteiger partial charge is 0.508 e. The Hall–Kier alpha value is -3.08. The van der Waals surface area contributed by atoms with Crippen LogP contribution in [0.3, 0.4) is 0 Å². The number of hydrogen-bond donors (Lipinski definition) is 0. The van der Waals surface area contributed by atoms with Crippen molar-refractivity contribution in [3.8, 4) is 0 Å². The molecule has 62 heavy (non-hydrogen) atoms. The van der Waals surface area contributed by atoms with Crippen LogP contribution in [0.25, 0.3) is 0 Å². The minimum atomic E-state index is -0.855. The molecule has 0 aliphatic carbocycles. The van der Waals surface area contributed by atoms with E-state index in [4.69, 9.17) is 28.4 Å². The Balaban J connectivity index is 4.81. The van der Waals surface area contributed by atoms with Crippen LogP contribution in [0.1, 0.15) is 214 Å². The van der Waals surface area contributed by atoms with Crippen LogP contribution in [0.15, 0.2) is 24.3 Å². The van der Waals surface area contributed by atoms with Crippen molar-refractivity contribution < 1.29 is 47.6 Å². The number of allylic oxidation sites excluding steroid dienone is 4. The second kappa shape index (κ2) is 45.9. The van der Waals surface area contributed by atoms with Crippen LogP contribution in [0, 0.1) is 5.92 Å². The molecule has 0 rings (SSSR count). The predicted octanol–water partition coefficient (Wildman–Crippen LogP) is 13.8. The molecule has 1 atom stereocenters. The van der Waals surface area contributed by atoms with E-state index in [1.165, 1.54) is 89.9 Å². The summed E-state index contributed by atoms with van der Waals surface area (Å²) in [5, 5.41) is 0. The van der Waals surface area contributed by atoms with E-state index in [2.05, 4.69) is 63.8 Å². The smallest absolute Gasteiger partial charge is 0.465 e. The van der Waals surface area contributed by atoms with Crippen molar-refractivity contribution in [1.82, 2.24) is 4.90 Å². The van der Waals surface area contributed by atoms with Crippen LogP contribution in [-0.4, -0.2) is 87.9 Å². The molecule has 0 aromatic heterocycles. The van der Waals surface area contributed by atoms with Gasteiger partial charge < -0.3 is 33.3 Å². The lowest BCUT2D eigenvalue weighted by Gasteiger charge is -2.19. The zero-order valence-corrected chi connectivity index (χ0v) is 40.4. The highest BCUT2D eigenvalue weighted by Gasteiger charge is 2.22. The van der Waals surface area contributed by atoms with Crippen molar-refractivity contribution in [3.63, 3.8) is 0 Å². The van der Waals surface area contributed by atoms with Gasteiger partial charge in [-0.3, -0.25) is 9.59 Å². The summed E-state index contributed by atoms with van der Waals surface area (Å²) in [5.41, 5.74) is 0. The first-order valence-corrected chi connectivity index (χ1v) is 25.3. The van der Waals surface area contributed by atoms with Gasteiger partial charge >= 0.3 is 24.2 Å². The number of rotatable bonds is 44. The zero-order chi connectivity index (χ0) is 45.6. The van der Waals surface area contributed by atoms with Gasteiger partial charge in [-0.1, -0.05) is 162 Å². The molecule has 0 bridgehead atoms. The maximum Gasteiger partial charge on any atom is 0.508 e. The van der Waals surface area contributed by atoms with E-state index in [1.807, 2.05) is 0 Å². The topological polar surface area (TPSA) is 127 Å². The molecule has 1 unspecified atom stereocenters. The fourth-order valence-corrected chi connectivity index (χ4v) is 7.00. The van der Waals surface area contributed by atoms with Crippen LogP contribution in [0.2, 0.25) is 0 Å². The van der Waals surface area contributed by atoms with Crippen molar-refractivity contribution in [1.29, 1.82) is 0 Å². The van der Waals surface area contributed by atoms with Gasteiger partial charge in [0, 0.05) is 6.54 Å². The van der Waals surface area contributed by atoms with E-state index in [-0.39, 0.29) is 39.1 Å². The molecule has 11 nitrogen and oxygen atoms in total. The monoisotopic (exact) mass is 880 g/mol. The van der Waals surface area contributed by atoms with E-state index in [9.17, 15) is 19.2 Å². The van der Waals surface area contributed by atoms with E-state index in [0.717, 1.165) is 96.7 Å². The summed E-state index contributed by atoms with van der Waals surface area (Å²) in [4.78, 5) is 52.7. The second-order valence-electron chi connectivity index (χ2n) is 16.7. The first-order valence-electron chi connectivity index (χ1n) is 25.3. The summed E-state index contributed by atoms with van der Waals surface area (Å²) in [6.45, 7) is 13.2. The Morgan fingerprint density at radius 1 is 0.452 bits per heavy atom. The summed E-state index contributed by atoms with van der Waals surface area (Å²) < 4.78 is 32.4. The quantitative estimate of drug-likeness (QED) is 0.0191. The normalized spacial score (nSPS) is 12.0. The van der Waals surface area contributed by atoms with E-state index < -0.39 is 36.6 Å². The van der Waals surface area contributed by atoms with E-state index in [1.54, 1.807) is 0 Å². The summed E-state index contributed by atoms with van der Waals surface area (Å²) in [6, 6.07) is 0. The Morgan fingerprint density at radius 3 is 1.42 bits per heavy atom. The second-order valence-corrected chi connectivity index (χ2v) is 16.7. The number of unbranched alkanes of at least 4 members (excludes halogenated alkanes) is 19. The van der Waals surface area contributed by atoms with Crippen LogP contribution >= 0.6 is 0 Å². The molecule has 0 saturated heterocycles. The molecule has 0 aliphatic heterocycles. The molecule has 0 N–H and O–H groups in total. The number of esters is 2. The van der Waals surface area contributed by atoms with Gasteiger partial charge in [0.05, 0.1) is 19.1 Å². The van der Waals surface area contributed by atoms with Gasteiger partial charge in [-0.2, -0.15) is 0 Å². The summed E-state index contributed by atoms with van der Waals surface area (Å²) >= 11 is 0. The number of nitrogens with zero attached hydrogens (tertiary/aromatic N) is 1. The van der Waals surface area contributed by atoms with E-state index >= 15 is 0 Å². The van der Waals surface area contributed by atoms with Gasteiger partial charge in [-0.25, -0.2) is 9.59 Å². The van der Waals surface area contributed by atoms with Crippen molar-refractivity contribution in [3.05, 3.63) is 24.3 Å². The Kier molecular flexibility index (Phi) is 43.6. The summed E-state index contributed by atoms with van der Waals surface area (Å²) in [7, 11) is 0. The van der Waals surface area contributed by atoms with Crippen molar-refractivity contribution in [2.75, 3.05) is 52.7 Å². The first-order chi connectivity index (χ1) is 30.3. The molecule has 11 heteroatoms. The molecule has 0 radical (unpaired) electrons. The minimum absolute atomic E-state index is 0.202. The molecule has 0 aromatic carbocycles. The lowest BCUT2D eigenvalue weighted by molar-refractivity contribution is -0.159. The standard InChI is InChI=1S/C51H93NO10/c1-6-11-14-17-20-21-22-23-24-25-26-27-28-29-32-35-40-57-50(55)60-44-46(45-61-51(56)58-41-36-39-52(9-4)10-5)43-59-48(53)42-49(54)62-47(37-33-30-18-15-12-7-2)38-34-31-19-16-13-8-3/h20-21,23-24,46-47H,6-19,22,25-45H2,1-5H3/b21-20-,24-23-. The number of hydrogen-bond acceptors (Lipinski definition) is 11.